The van der Waals surface area contributed by atoms with Gasteiger partial charge in [0.15, 0.2) is 0 Å². The van der Waals surface area contributed by atoms with Crippen molar-refractivity contribution in [3.8, 4) is 5.75 Å². The van der Waals surface area contributed by atoms with E-state index in [9.17, 15) is 14.7 Å². The van der Waals surface area contributed by atoms with E-state index in [1.807, 2.05) is 13.0 Å². The Morgan fingerprint density at radius 2 is 1.92 bits per heavy atom. The Morgan fingerprint density at radius 1 is 1.19 bits per heavy atom. The van der Waals surface area contributed by atoms with Crippen molar-refractivity contribution in [1.82, 2.24) is 14.8 Å². The van der Waals surface area contributed by atoms with Crippen LogP contribution in [0.4, 0.5) is 0 Å². The molecule has 1 amide bonds. The Kier molecular flexibility index (Phi) is 5.93. The number of aryl methyl sites for hydroxylation is 1. The average molecular weight is 357 g/mol. The maximum atomic E-state index is 12.7. The van der Waals surface area contributed by atoms with E-state index in [0.29, 0.717) is 24.0 Å². The third kappa shape index (κ3) is 3.75. The van der Waals surface area contributed by atoms with Crippen LogP contribution in [0.25, 0.3) is 10.9 Å². The summed E-state index contributed by atoms with van der Waals surface area (Å²) in [6.07, 6.45) is 4.63. The number of carbonyl (C=O) groups excluding carboxylic acids is 1. The topological polar surface area (TPSA) is 74.6 Å². The van der Waals surface area contributed by atoms with Crippen molar-refractivity contribution in [3.05, 3.63) is 40.2 Å². The van der Waals surface area contributed by atoms with E-state index in [-0.39, 0.29) is 11.3 Å². The number of carbonyl (C=O) groups is 1. The number of aromatic nitrogens is 1. The number of rotatable bonds is 6. The van der Waals surface area contributed by atoms with Crippen molar-refractivity contribution in [2.75, 3.05) is 26.2 Å². The molecule has 6 heteroatoms. The molecule has 1 aliphatic heterocycles. The lowest BCUT2D eigenvalue weighted by Gasteiger charge is -2.26. The van der Waals surface area contributed by atoms with Crippen molar-refractivity contribution in [2.24, 2.45) is 0 Å². The fourth-order valence-corrected chi connectivity index (χ4v) is 3.68. The number of likely N-dealkylation sites (tertiary alicyclic amines) is 1. The van der Waals surface area contributed by atoms with Crippen LogP contribution in [0.15, 0.2) is 29.1 Å². The highest BCUT2D eigenvalue weighted by atomic mass is 16.3. The van der Waals surface area contributed by atoms with Gasteiger partial charge in [-0.2, -0.15) is 0 Å². The molecule has 0 bridgehead atoms. The molecule has 1 aliphatic rings. The molecule has 1 aromatic carbocycles. The molecule has 26 heavy (non-hydrogen) atoms. The summed E-state index contributed by atoms with van der Waals surface area (Å²) < 4.78 is 1.53. The quantitative estimate of drug-likeness (QED) is 0.778. The van der Waals surface area contributed by atoms with Crippen molar-refractivity contribution < 1.29 is 9.90 Å². The van der Waals surface area contributed by atoms with E-state index in [1.54, 1.807) is 18.2 Å². The Bertz CT molecular complexity index is 838. The number of aromatic hydroxyl groups is 1. The van der Waals surface area contributed by atoms with Crippen LogP contribution in [0.2, 0.25) is 0 Å². The number of nitrogens with one attached hydrogen (secondary N) is 1. The minimum Gasteiger partial charge on any atom is -0.506 e. The first-order valence-electron chi connectivity index (χ1n) is 9.48. The van der Waals surface area contributed by atoms with Crippen LogP contribution in [0.5, 0.6) is 5.75 Å². The number of piperidine rings is 1. The summed E-state index contributed by atoms with van der Waals surface area (Å²) in [5, 5.41) is 13.8. The minimum atomic E-state index is -0.501. The molecule has 140 valence electrons. The van der Waals surface area contributed by atoms with Crippen molar-refractivity contribution in [1.29, 1.82) is 0 Å². The van der Waals surface area contributed by atoms with Crippen LogP contribution < -0.4 is 10.9 Å². The van der Waals surface area contributed by atoms with Gasteiger partial charge in [0.2, 0.25) is 0 Å². The molecule has 0 spiro atoms. The van der Waals surface area contributed by atoms with Crippen molar-refractivity contribution in [3.63, 3.8) is 0 Å². The lowest BCUT2D eigenvalue weighted by atomic mass is 10.1. The number of para-hydroxylation sites is 1. The molecule has 0 radical (unpaired) electrons. The Morgan fingerprint density at radius 3 is 2.65 bits per heavy atom. The van der Waals surface area contributed by atoms with Gasteiger partial charge in [0.1, 0.15) is 11.3 Å². The molecule has 6 nitrogen and oxygen atoms in total. The van der Waals surface area contributed by atoms with Crippen LogP contribution in [-0.2, 0) is 6.54 Å². The fourth-order valence-electron chi connectivity index (χ4n) is 3.68. The summed E-state index contributed by atoms with van der Waals surface area (Å²) >= 11 is 0. The van der Waals surface area contributed by atoms with Crippen LogP contribution >= 0.6 is 0 Å². The average Bonchev–Trinajstić information content (AvgIpc) is 2.66. The molecule has 2 heterocycles. The summed E-state index contributed by atoms with van der Waals surface area (Å²) in [7, 11) is 0. The minimum absolute atomic E-state index is 0.163. The fraction of sp³-hybridized carbons (Fsp3) is 0.500. The van der Waals surface area contributed by atoms with Crippen LogP contribution in [0, 0.1) is 0 Å². The van der Waals surface area contributed by atoms with Gasteiger partial charge in [-0.25, -0.2) is 0 Å². The molecular weight excluding hydrogens is 330 g/mol. The zero-order chi connectivity index (χ0) is 18.5. The lowest BCUT2D eigenvalue weighted by molar-refractivity contribution is 0.0946. The molecule has 3 rings (SSSR count). The van der Waals surface area contributed by atoms with Gasteiger partial charge in [-0.05, 0) is 58.0 Å². The number of nitrogens with zero attached hydrogens (tertiary/aromatic N) is 2. The monoisotopic (exact) mass is 357 g/mol. The second-order valence-electron chi connectivity index (χ2n) is 6.80. The molecule has 0 aliphatic carbocycles. The first-order chi connectivity index (χ1) is 12.6. The van der Waals surface area contributed by atoms with Crippen molar-refractivity contribution in [2.45, 2.75) is 39.2 Å². The molecule has 2 N–H and O–H groups in total. The van der Waals surface area contributed by atoms with Crippen LogP contribution in [0.3, 0.4) is 0 Å². The van der Waals surface area contributed by atoms with E-state index in [2.05, 4.69) is 10.2 Å². The molecule has 1 aromatic heterocycles. The maximum Gasteiger partial charge on any atom is 0.267 e. The molecule has 2 aromatic rings. The zero-order valence-electron chi connectivity index (χ0n) is 15.3. The van der Waals surface area contributed by atoms with Crippen molar-refractivity contribution >= 4 is 16.8 Å². The summed E-state index contributed by atoms with van der Waals surface area (Å²) in [5.41, 5.74) is 0.0277. The Balaban J connectivity index is 1.72. The third-order valence-electron chi connectivity index (χ3n) is 5.07. The molecule has 0 unspecified atom stereocenters. The van der Waals surface area contributed by atoms with Crippen LogP contribution in [-0.4, -0.2) is 46.7 Å². The van der Waals surface area contributed by atoms with E-state index in [4.69, 9.17) is 0 Å². The standard InChI is InChI=1S/C20H27N3O3/c1-2-23-16-10-5-4-9-15(16)18(24)17(20(23)26)19(25)21-11-8-14-22-12-6-3-7-13-22/h4-5,9-10,24H,2-3,6-8,11-14H2,1H3,(H,21,25). The number of pyridine rings is 1. The van der Waals surface area contributed by atoms with Gasteiger partial charge >= 0.3 is 0 Å². The largest absolute Gasteiger partial charge is 0.506 e. The number of amides is 1. The number of fused-ring (bicyclic) bond motifs is 1. The highest BCUT2D eigenvalue weighted by Gasteiger charge is 2.21. The highest BCUT2D eigenvalue weighted by molar-refractivity contribution is 6.02. The zero-order valence-corrected chi connectivity index (χ0v) is 15.3. The lowest BCUT2D eigenvalue weighted by Crippen LogP contribution is -2.36. The Hall–Kier alpha value is -2.34. The van der Waals surface area contributed by atoms with E-state index < -0.39 is 11.5 Å². The summed E-state index contributed by atoms with van der Waals surface area (Å²) in [6.45, 7) is 5.98. The third-order valence-corrected chi connectivity index (χ3v) is 5.07. The second kappa shape index (κ2) is 8.36. The van der Waals surface area contributed by atoms with Crippen LogP contribution in [0.1, 0.15) is 43.0 Å². The first-order valence-corrected chi connectivity index (χ1v) is 9.48. The summed E-state index contributed by atoms with van der Waals surface area (Å²) in [4.78, 5) is 27.7. The summed E-state index contributed by atoms with van der Waals surface area (Å²) in [5.74, 6) is -0.733. The van der Waals surface area contributed by atoms with Gasteiger partial charge in [-0.1, -0.05) is 18.6 Å². The molecule has 1 saturated heterocycles. The van der Waals surface area contributed by atoms with Gasteiger partial charge in [0.25, 0.3) is 11.5 Å². The van der Waals surface area contributed by atoms with E-state index in [0.717, 1.165) is 26.1 Å². The Labute approximate surface area is 153 Å². The predicted molar refractivity (Wildman–Crippen MR) is 103 cm³/mol. The highest BCUT2D eigenvalue weighted by Crippen LogP contribution is 2.26. The predicted octanol–water partition coefficient (Wildman–Crippen LogP) is 2.33. The molecular formula is C20H27N3O3. The summed E-state index contributed by atoms with van der Waals surface area (Å²) in [6, 6.07) is 7.10. The number of benzene rings is 1. The molecule has 1 fully saturated rings. The molecule has 0 atom stereocenters. The number of hydrogen-bond acceptors (Lipinski definition) is 4. The van der Waals surface area contributed by atoms with Gasteiger partial charge in [-0.15, -0.1) is 0 Å². The van der Waals surface area contributed by atoms with E-state index >= 15 is 0 Å². The van der Waals surface area contributed by atoms with Gasteiger partial charge < -0.3 is 19.9 Å². The van der Waals surface area contributed by atoms with Gasteiger partial charge in [-0.3, -0.25) is 9.59 Å². The molecule has 0 saturated carbocycles. The first kappa shape index (κ1) is 18.5. The van der Waals surface area contributed by atoms with Gasteiger partial charge in [0.05, 0.1) is 5.52 Å². The maximum absolute atomic E-state index is 12.7. The van der Waals surface area contributed by atoms with E-state index in [1.165, 1.54) is 23.8 Å². The smallest absolute Gasteiger partial charge is 0.267 e. The number of hydrogen-bond donors (Lipinski definition) is 2. The second-order valence-corrected chi connectivity index (χ2v) is 6.80. The van der Waals surface area contributed by atoms with Gasteiger partial charge in [0, 0.05) is 18.5 Å². The normalized spacial score (nSPS) is 15.3. The SMILES string of the molecule is CCn1c(=O)c(C(=O)NCCCN2CCCCC2)c(O)c2ccccc21.